The topological polar surface area (TPSA) is 84.9 Å². The Morgan fingerprint density at radius 1 is 1.11 bits per heavy atom. The van der Waals surface area contributed by atoms with E-state index in [1.54, 1.807) is 0 Å². The summed E-state index contributed by atoms with van der Waals surface area (Å²) < 4.78 is 10.3. The lowest BCUT2D eigenvalue weighted by Crippen LogP contribution is -2.43. The van der Waals surface area contributed by atoms with E-state index in [9.17, 15) is 14.7 Å². The number of methoxy groups -OCH3 is 1. The molecule has 0 saturated carbocycles. The fourth-order valence-corrected chi connectivity index (χ4v) is 3.93. The summed E-state index contributed by atoms with van der Waals surface area (Å²) in [5.41, 5.74) is 4.50. The number of nitrogens with one attached hydrogen (secondary N) is 1. The van der Waals surface area contributed by atoms with Gasteiger partial charge in [-0.05, 0) is 22.3 Å². The molecule has 0 spiro atoms. The van der Waals surface area contributed by atoms with E-state index in [1.165, 1.54) is 18.9 Å². The highest BCUT2D eigenvalue weighted by Crippen LogP contribution is 2.44. The summed E-state index contributed by atoms with van der Waals surface area (Å²) in [6.45, 7) is 0.150. The maximum Gasteiger partial charge on any atom is 0.407 e. The van der Waals surface area contributed by atoms with Crippen LogP contribution in [0.1, 0.15) is 17.0 Å². The summed E-state index contributed by atoms with van der Waals surface area (Å²) in [7, 11) is 1.53. The largest absolute Gasteiger partial charge is 0.480 e. The molecule has 2 aromatic rings. The van der Waals surface area contributed by atoms with Crippen LogP contribution in [-0.4, -0.2) is 48.6 Å². The molecule has 0 heterocycles. The van der Waals surface area contributed by atoms with Crippen molar-refractivity contribution in [1.29, 1.82) is 0 Å². The summed E-state index contributed by atoms with van der Waals surface area (Å²) in [4.78, 5) is 23.4. The van der Waals surface area contributed by atoms with Crippen molar-refractivity contribution >= 4 is 23.8 Å². The summed E-state index contributed by atoms with van der Waals surface area (Å²) in [5, 5.41) is 11.6. The predicted molar refractivity (Wildman–Crippen MR) is 104 cm³/mol. The molecule has 0 aliphatic heterocycles. The summed E-state index contributed by atoms with van der Waals surface area (Å²) >= 11 is 1.28. The van der Waals surface area contributed by atoms with E-state index in [4.69, 9.17) is 9.47 Å². The van der Waals surface area contributed by atoms with Crippen LogP contribution in [0.3, 0.4) is 0 Å². The fourth-order valence-electron chi connectivity index (χ4n) is 3.21. The van der Waals surface area contributed by atoms with Crippen molar-refractivity contribution in [2.75, 3.05) is 25.4 Å². The Morgan fingerprint density at radius 3 is 2.26 bits per heavy atom. The third-order valence-corrected chi connectivity index (χ3v) is 5.39. The molecule has 0 bridgehead atoms. The molecule has 6 nitrogen and oxygen atoms in total. The van der Waals surface area contributed by atoms with Gasteiger partial charge in [0.25, 0.3) is 0 Å². The first-order valence-electron chi connectivity index (χ1n) is 8.52. The molecule has 0 saturated heterocycles. The van der Waals surface area contributed by atoms with Gasteiger partial charge in [0.15, 0.2) is 0 Å². The van der Waals surface area contributed by atoms with Gasteiger partial charge >= 0.3 is 12.1 Å². The zero-order valence-corrected chi connectivity index (χ0v) is 15.7. The summed E-state index contributed by atoms with van der Waals surface area (Å²) in [5.74, 6) is -0.606. The Labute approximate surface area is 161 Å². The molecular formula is C20H21NO5S. The molecule has 2 aromatic carbocycles. The number of hydrogen-bond donors (Lipinski definition) is 2. The number of benzene rings is 2. The van der Waals surface area contributed by atoms with Gasteiger partial charge in [0, 0.05) is 18.8 Å². The van der Waals surface area contributed by atoms with Gasteiger partial charge in [-0.2, -0.15) is 0 Å². The number of thioether (sulfide) groups is 1. The summed E-state index contributed by atoms with van der Waals surface area (Å²) in [6.07, 6.45) is -0.734. The van der Waals surface area contributed by atoms with Crippen LogP contribution >= 0.6 is 11.8 Å². The lowest BCUT2D eigenvalue weighted by atomic mass is 9.98. The lowest BCUT2D eigenvalue weighted by Gasteiger charge is -2.17. The monoisotopic (exact) mass is 387 g/mol. The van der Waals surface area contributed by atoms with E-state index in [1.807, 2.05) is 36.4 Å². The first-order valence-corrected chi connectivity index (χ1v) is 9.68. The van der Waals surface area contributed by atoms with Gasteiger partial charge in [-0.15, -0.1) is 11.8 Å². The van der Waals surface area contributed by atoms with Crippen molar-refractivity contribution in [3.8, 4) is 11.1 Å². The predicted octanol–water partition coefficient (Wildman–Crippen LogP) is 3.32. The number of carbonyl (C=O) groups excluding carboxylic acids is 1. The molecule has 0 fully saturated rings. The van der Waals surface area contributed by atoms with E-state index in [2.05, 4.69) is 17.4 Å². The molecule has 1 aliphatic rings. The van der Waals surface area contributed by atoms with E-state index in [-0.39, 0.29) is 18.3 Å². The van der Waals surface area contributed by atoms with E-state index in [0.717, 1.165) is 22.3 Å². The van der Waals surface area contributed by atoms with Crippen molar-refractivity contribution in [3.63, 3.8) is 0 Å². The van der Waals surface area contributed by atoms with Gasteiger partial charge in [-0.25, -0.2) is 9.59 Å². The number of carboxylic acids is 1. The van der Waals surface area contributed by atoms with E-state index in [0.29, 0.717) is 5.94 Å². The fraction of sp³-hybridized carbons (Fsp3) is 0.300. The van der Waals surface area contributed by atoms with Crippen molar-refractivity contribution in [3.05, 3.63) is 59.7 Å². The first-order chi connectivity index (χ1) is 13.1. The summed E-state index contributed by atoms with van der Waals surface area (Å²) in [6, 6.07) is 15.0. The second kappa shape index (κ2) is 8.92. The van der Waals surface area contributed by atoms with Gasteiger partial charge in [-0.1, -0.05) is 48.5 Å². The number of amides is 1. The number of fused-ring (bicyclic) bond motifs is 3. The number of alkyl carbamates (subject to hydrolysis) is 1. The molecule has 0 radical (unpaired) electrons. The number of carboxylic acid groups (broad SMARTS) is 1. The zero-order chi connectivity index (χ0) is 19.2. The minimum absolute atomic E-state index is 0.0608. The van der Waals surface area contributed by atoms with Gasteiger partial charge < -0.3 is 19.9 Å². The molecule has 2 N–H and O–H groups in total. The number of aliphatic carboxylic acids is 1. The smallest absolute Gasteiger partial charge is 0.407 e. The Balaban J connectivity index is 1.64. The van der Waals surface area contributed by atoms with Gasteiger partial charge in [0.2, 0.25) is 0 Å². The third-order valence-electron chi connectivity index (χ3n) is 4.42. The van der Waals surface area contributed by atoms with Crippen LogP contribution in [0, 0.1) is 0 Å². The average molecular weight is 387 g/mol. The molecule has 3 rings (SSSR count). The van der Waals surface area contributed by atoms with Crippen LogP contribution in [0.25, 0.3) is 11.1 Å². The van der Waals surface area contributed by atoms with E-state index >= 15 is 0 Å². The third kappa shape index (κ3) is 4.43. The molecule has 142 valence electrons. The first kappa shape index (κ1) is 19.3. The molecule has 1 aliphatic carbocycles. The number of carbonyl (C=O) groups is 2. The van der Waals surface area contributed by atoms with E-state index < -0.39 is 18.1 Å². The highest BCUT2D eigenvalue weighted by atomic mass is 32.2. The zero-order valence-electron chi connectivity index (χ0n) is 14.9. The highest BCUT2D eigenvalue weighted by molar-refractivity contribution is 7.99. The van der Waals surface area contributed by atoms with Crippen molar-refractivity contribution < 1.29 is 24.2 Å². The minimum Gasteiger partial charge on any atom is -0.480 e. The van der Waals surface area contributed by atoms with Crippen LogP contribution in [-0.2, 0) is 14.3 Å². The van der Waals surface area contributed by atoms with Crippen LogP contribution in [0.15, 0.2) is 48.5 Å². The average Bonchev–Trinajstić information content (AvgIpc) is 2.99. The van der Waals surface area contributed by atoms with Gasteiger partial charge in [-0.3, -0.25) is 0 Å². The second-order valence-corrected chi connectivity index (χ2v) is 7.12. The highest BCUT2D eigenvalue weighted by Gasteiger charge is 2.29. The standard InChI is InChI=1S/C20H21NO5S/c1-25-12-27-11-18(19(22)23)21-20(24)26-10-17-15-8-4-2-6-13(15)14-7-3-5-9-16(14)17/h2-9,17-18H,10-12H2,1H3,(H,21,24)(H,22,23). The second-order valence-electron chi connectivity index (χ2n) is 6.14. The molecule has 27 heavy (non-hydrogen) atoms. The van der Waals surface area contributed by atoms with Crippen LogP contribution in [0.5, 0.6) is 0 Å². The van der Waals surface area contributed by atoms with Crippen molar-refractivity contribution in [2.45, 2.75) is 12.0 Å². The maximum absolute atomic E-state index is 12.1. The molecule has 1 unspecified atom stereocenters. The Hall–Kier alpha value is -2.51. The SMILES string of the molecule is COCSCC(NC(=O)OCC1c2ccccc2-c2ccccc21)C(=O)O. The Kier molecular flexibility index (Phi) is 6.36. The van der Waals surface area contributed by atoms with Crippen molar-refractivity contribution in [1.82, 2.24) is 5.32 Å². The lowest BCUT2D eigenvalue weighted by molar-refractivity contribution is -0.138. The van der Waals surface area contributed by atoms with Crippen LogP contribution < -0.4 is 5.32 Å². The number of ether oxygens (including phenoxy) is 2. The normalized spacial score (nSPS) is 13.5. The number of hydrogen-bond acceptors (Lipinski definition) is 5. The Bertz CT molecular complexity index is 780. The van der Waals surface area contributed by atoms with Crippen molar-refractivity contribution in [2.24, 2.45) is 0 Å². The quantitative estimate of drug-likeness (QED) is 0.534. The van der Waals surface area contributed by atoms with Crippen LogP contribution in [0.2, 0.25) is 0 Å². The van der Waals surface area contributed by atoms with Gasteiger partial charge in [0.1, 0.15) is 12.6 Å². The maximum atomic E-state index is 12.1. The Morgan fingerprint density at radius 2 is 1.70 bits per heavy atom. The van der Waals surface area contributed by atoms with Crippen LogP contribution in [0.4, 0.5) is 4.79 Å². The minimum atomic E-state index is -1.10. The molecular weight excluding hydrogens is 366 g/mol. The molecule has 1 amide bonds. The molecule has 7 heteroatoms. The van der Waals surface area contributed by atoms with Gasteiger partial charge in [0.05, 0.1) is 5.94 Å². The number of rotatable bonds is 8. The molecule has 1 atom stereocenters. The molecule has 0 aromatic heterocycles.